The highest BCUT2D eigenvalue weighted by molar-refractivity contribution is 6.04. The van der Waals surface area contributed by atoms with Crippen LogP contribution in [0.3, 0.4) is 0 Å². The van der Waals surface area contributed by atoms with Crippen molar-refractivity contribution in [3.05, 3.63) is 65.2 Å². The number of β-amino-alcohol motifs (C(OH)–C–C–N with tert-alkyl or cyclic N) is 1. The molecule has 5 rings (SSSR count). The minimum absolute atomic E-state index is 0.0159. The molecule has 2 N–H and O–H groups in total. The Morgan fingerprint density at radius 2 is 2.05 bits per heavy atom. The molecule has 2 fully saturated rings. The molecule has 1 aliphatic heterocycles. The monoisotopic (exact) mass is 531 g/mol. The third kappa shape index (κ3) is 5.26. The number of nitrogens with one attached hydrogen (secondary N) is 1. The number of amides is 2. The number of carbonyl (C=O) groups is 2. The number of hydrogen-bond acceptors (Lipinski definition) is 6. The highest BCUT2D eigenvalue weighted by Gasteiger charge is 2.43. The average Bonchev–Trinajstić information content (AvgIpc) is 3.46. The lowest BCUT2D eigenvalue weighted by atomic mass is 9.86. The Morgan fingerprint density at radius 3 is 2.74 bits per heavy atom. The molecule has 2 amide bonds. The number of allylic oxidation sites excluding steroid dienone is 1. The Morgan fingerprint density at radius 1 is 1.28 bits per heavy atom. The first-order chi connectivity index (χ1) is 18.7. The molecule has 2 heterocycles. The van der Waals surface area contributed by atoms with E-state index in [0.29, 0.717) is 16.7 Å². The zero-order chi connectivity index (χ0) is 27.7. The van der Waals surface area contributed by atoms with E-state index in [9.17, 15) is 20.0 Å². The van der Waals surface area contributed by atoms with Gasteiger partial charge in [0.05, 0.1) is 12.6 Å². The molecule has 1 saturated carbocycles. The third-order valence-corrected chi connectivity index (χ3v) is 8.10. The molecule has 0 bridgehead atoms. The molecular weight excluding hydrogens is 497 g/mol. The maximum absolute atomic E-state index is 15.7. The molecule has 3 aliphatic rings. The van der Waals surface area contributed by atoms with Crippen LogP contribution in [0.5, 0.6) is 0 Å². The number of aromatic nitrogens is 1. The van der Waals surface area contributed by atoms with E-state index in [4.69, 9.17) is 0 Å². The van der Waals surface area contributed by atoms with Crippen molar-refractivity contribution >= 4 is 23.6 Å². The van der Waals surface area contributed by atoms with Crippen LogP contribution < -0.4 is 10.2 Å². The second-order valence-electron chi connectivity index (χ2n) is 11.3. The van der Waals surface area contributed by atoms with Crippen LogP contribution in [0.25, 0.3) is 6.08 Å². The van der Waals surface area contributed by atoms with Crippen molar-refractivity contribution < 1.29 is 19.1 Å². The summed E-state index contributed by atoms with van der Waals surface area (Å²) in [5.41, 5.74) is 1.33. The van der Waals surface area contributed by atoms with Gasteiger partial charge in [0.15, 0.2) is 6.19 Å². The largest absolute Gasteiger partial charge is 0.391 e. The van der Waals surface area contributed by atoms with Crippen molar-refractivity contribution in [2.24, 2.45) is 0 Å². The third-order valence-electron chi connectivity index (χ3n) is 8.10. The van der Waals surface area contributed by atoms with E-state index in [1.807, 2.05) is 32.2 Å². The molecular formula is C30H34FN5O3. The van der Waals surface area contributed by atoms with Gasteiger partial charge in [0, 0.05) is 47.1 Å². The quantitative estimate of drug-likeness (QED) is 0.546. The Balaban J connectivity index is 1.63. The maximum Gasteiger partial charge on any atom is 0.251 e. The summed E-state index contributed by atoms with van der Waals surface area (Å²) in [7, 11) is 0. The number of fused-ring (bicyclic) bond motifs is 1. The fourth-order valence-electron chi connectivity index (χ4n) is 6.15. The van der Waals surface area contributed by atoms with Crippen molar-refractivity contribution in [2.45, 2.75) is 82.0 Å². The summed E-state index contributed by atoms with van der Waals surface area (Å²) < 4.78 is 15.7. The second kappa shape index (κ2) is 10.8. The summed E-state index contributed by atoms with van der Waals surface area (Å²) in [4.78, 5) is 35.0. The lowest BCUT2D eigenvalue weighted by Crippen LogP contribution is -2.51. The van der Waals surface area contributed by atoms with Gasteiger partial charge in [-0.25, -0.2) is 4.39 Å². The van der Waals surface area contributed by atoms with Crippen LogP contribution in [0.2, 0.25) is 0 Å². The van der Waals surface area contributed by atoms with E-state index >= 15 is 4.39 Å². The summed E-state index contributed by atoms with van der Waals surface area (Å²) in [5.74, 6) is -1.42. The Labute approximate surface area is 228 Å². The van der Waals surface area contributed by atoms with Crippen molar-refractivity contribution in [1.82, 2.24) is 15.2 Å². The molecule has 1 aromatic heterocycles. The standard InChI is InChI=1S/C30H34FN5O3/c1-30(2)11-10-19-13-22(14-24(31)26(19)30)36(29(39)25-15-23(37)17-35(25)18-32)27(20-7-6-12-33-16-20)28(38)34-21-8-4-3-5-9-21/h6-7,10-14,16,21,23,25,27,37H,3-5,8-9,15,17H2,1-2H3,(H,34,38). The number of rotatable bonds is 6. The van der Waals surface area contributed by atoms with Crippen molar-refractivity contribution in [3.63, 3.8) is 0 Å². The molecule has 1 aromatic carbocycles. The fraction of sp³-hybridized carbons (Fsp3) is 0.467. The smallest absolute Gasteiger partial charge is 0.251 e. The van der Waals surface area contributed by atoms with Crippen LogP contribution in [0, 0.1) is 17.3 Å². The number of likely N-dealkylation sites (tertiary alicyclic amines) is 1. The van der Waals surface area contributed by atoms with E-state index < -0.39 is 35.3 Å². The zero-order valence-electron chi connectivity index (χ0n) is 22.3. The number of halogens is 1. The Kier molecular flexibility index (Phi) is 7.41. The van der Waals surface area contributed by atoms with Crippen LogP contribution >= 0.6 is 0 Å². The molecule has 0 spiro atoms. The summed E-state index contributed by atoms with van der Waals surface area (Å²) >= 11 is 0. The summed E-state index contributed by atoms with van der Waals surface area (Å²) in [5, 5.41) is 23.1. The number of aliphatic hydroxyl groups is 1. The lowest BCUT2D eigenvalue weighted by Gasteiger charge is -2.36. The van der Waals surface area contributed by atoms with E-state index in [1.165, 1.54) is 22.1 Å². The van der Waals surface area contributed by atoms with Crippen LogP contribution in [0.1, 0.15) is 75.1 Å². The van der Waals surface area contributed by atoms with Gasteiger partial charge < -0.3 is 10.4 Å². The molecule has 9 heteroatoms. The predicted molar refractivity (Wildman–Crippen MR) is 145 cm³/mol. The van der Waals surface area contributed by atoms with Gasteiger partial charge >= 0.3 is 0 Å². The Hall–Kier alpha value is -3.77. The van der Waals surface area contributed by atoms with Crippen molar-refractivity contribution in [2.75, 3.05) is 11.4 Å². The van der Waals surface area contributed by atoms with E-state index in [1.54, 1.807) is 24.4 Å². The van der Waals surface area contributed by atoms with E-state index in [-0.39, 0.29) is 30.6 Å². The Bertz CT molecular complexity index is 1320. The predicted octanol–water partition coefficient (Wildman–Crippen LogP) is 3.96. The molecule has 1 saturated heterocycles. The highest BCUT2D eigenvalue weighted by atomic mass is 19.1. The lowest BCUT2D eigenvalue weighted by molar-refractivity contribution is -0.128. The molecule has 204 valence electrons. The minimum atomic E-state index is -1.15. The van der Waals surface area contributed by atoms with Crippen molar-refractivity contribution in [3.8, 4) is 6.19 Å². The molecule has 3 atom stereocenters. The number of aliphatic hydroxyl groups excluding tert-OH is 1. The zero-order valence-corrected chi connectivity index (χ0v) is 22.3. The number of hydrogen-bond donors (Lipinski definition) is 2. The number of benzene rings is 1. The average molecular weight is 532 g/mol. The maximum atomic E-state index is 15.7. The van der Waals surface area contributed by atoms with E-state index in [0.717, 1.165) is 32.1 Å². The minimum Gasteiger partial charge on any atom is -0.391 e. The van der Waals surface area contributed by atoms with Gasteiger partial charge in [-0.15, -0.1) is 0 Å². The van der Waals surface area contributed by atoms with Gasteiger partial charge in [-0.2, -0.15) is 5.26 Å². The molecule has 3 unspecified atom stereocenters. The SMILES string of the molecule is CC1(C)C=Cc2cc(N(C(=O)C3CC(O)CN3C#N)C(C(=O)NC3CCCCC3)c3cccnc3)cc(F)c21. The number of pyridine rings is 1. The van der Waals surface area contributed by atoms with Gasteiger partial charge in [-0.3, -0.25) is 24.4 Å². The summed E-state index contributed by atoms with van der Waals surface area (Å²) in [6, 6.07) is 4.26. The fourth-order valence-corrected chi connectivity index (χ4v) is 6.15. The first kappa shape index (κ1) is 26.8. The number of nitriles is 1. The first-order valence-electron chi connectivity index (χ1n) is 13.6. The van der Waals surface area contributed by atoms with E-state index in [2.05, 4.69) is 10.3 Å². The topological polar surface area (TPSA) is 110 Å². The normalized spacial score (nSPS) is 22.7. The second-order valence-corrected chi connectivity index (χ2v) is 11.3. The molecule has 8 nitrogen and oxygen atoms in total. The van der Waals surface area contributed by atoms with Gasteiger partial charge in [-0.05, 0) is 36.6 Å². The molecule has 39 heavy (non-hydrogen) atoms. The van der Waals surface area contributed by atoms with Gasteiger partial charge in [0.1, 0.15) is 17.9 Å². The van der Waals surface area contributed by atoms with Crippen LogP contribution in [0.15, 0.2) is 42.7 Å². The van der Waals surface area contributed by atoms with Gasteiger partial charge in [0.2, 0.25) is 5.91 Å². The van der Waals surface area contributed by atoms with Gasteiger partial charge in [0.25, 0.3) is 5.91 Å². The number of anilines is 1. The van der Waals surface area contributed by atoms with Gasteiger partial charge in [-0.1, -0.05) is 51.3 Å². The summed E-state index contributed by atoms with van der Waals surface area (Å²) in [6.45, 7) is 3.85. The van der Waals surface area contributed by atoms with Crippen LogP contribution in [-0.2, 0) is 15.0 Å². The van der Waals surface area contributed by atoms with Crippen LogP contribution in [-0.4, -0.2) is 51.5 Å². The summed E-state index contributed by atoms with van der Waals surface area (Å²) in [6.07, 6.45) is 12.9. The van der Waals surface area contributed by atoms with Crippen LogP contribution in [0.4, 0.5) is 10.1 Å². The molecule has 2 aliphatic carbocycles. The van der Waals surface area contributed by atoms with Crippen molar-refractivity contribution in [1.29, 1.82) is 5.26 Å². The number of carbonyl (C=O) groups excluding carboxylic acids is 2. The molecule has 2 aromatic rings. The first-order valence-corrected chi connectivity index (χ1v) is 13.6. The highest BCUT2D eigenvalue weighted by Crippen LogP contribution is 2.41. The molecule has 0 radical (unpaired) electrons. The number of nitrogens with zero attached hydrogens (tertiary/aromatic N) is 4.